The highest BCUT2D eigenvalue weighted by Crippen LogP contribution is 2.68. The van der Waals surface area contributed by atoms with Crippen LogP contribution in [-0.4, -0.2) is 80.5 Å². The van der Waals surface area contributed by atoms with Gasteiger partial charge in [0.1, 0.15) is 11.7 Å². The summed E-state index contributed by atoms with van der Waals surface area (Å²) in [5.41, 5.74) is -1.29. The van der Waals surface area contributed by atoms with E-state index in [1.807, 2.05) is 0 Å². The molecular formula is C33H36N2O8. The molecule has 2 N–H and O–H groups in total. The van der Waals surface area contributed by atoms with E-state index in [2.05, 4.69) is 4.90 Å². The summed E-state index contributed by atoms with van der Waals surface area (Å²) in [4.78, 5) is 43.7. The van der Waals surface area contributed by atoms with Crippen LogP contribution in [0.25, 0.3) is 0 Å². The maximum atomic E-state index is 13.7. The fourth-order valence-corrected chi connectivity index (χ4v) is 8.72. The number of fused-ring (bicyclic) bond motifs is 1. The van der Waals surface area contributed by atoms with Crippen LogP contribution in [0.15, 0.2) is 36.4 Å². The Bertz CT molecular complexity index is 1540. The Labute approximate surface area is 249 Å². The highest BCUT2D eigenvalue weighted by molar-refractivity contribution is 6.21. The number of carbonyl (C=O) groups excluding carboxylic acids is 3. The van der Waals surface area contributed by atoms with Crippen molar-refractivity contribution in [2.24, 2.45) is 5.92 Å². The van der Waals surface area contributed by atoms with E-state index in [0.717, 1.165) is 19.4 Å². The van der Waals surface area contributed by atoms with Crippen LogP contribution in [0.5, 0.6) is 11.5 Å². The van der Waals surface area contributed by atoms with Crippen LogP contribution in [0.4, 0.5) is 4.79 Å². The molecule has 1 saturated heterocycles. The average Bonchev–Trinajstić information content (AvgIpc) is 3.64. The Balaban J connectivity index is 1.27. The molecule has 43 heavy (non-hydrogen) atoms. The minimum absolute atomic E-state index is 0.117. The summed E-state index contributed by atoms with van der Waals surface area (Å²) in [6, 6.07) is 8.89. The van der Waals surface area contributed by atoms with Crippen molar-refractivity contribution in [3.05, 3.63) is 58.7 Å². The van der Waals surface area contributed by atoms with Gasteiger partial charge in [-0.25, -0.2) is 4.79 Å². The first-order valence-electron chi connectivity index (χ1n) is 15.3. The third-order valence-electron chi connectivity index (χ3n) is 10.5. The summed E-state index contributed by atoms with van der Waals surface area (Å²) in [7, 11) is 0. The molecule has 10 heteroatoms. The van der Waals surface area contributed by atoms with Crippen LogP contribution in [0.3, 0.4) is 0 Å². The van der Waals surface area contributed by atoms with Crippen molar-refractivity contribution in [3.8, 4) is 11.5 Å². The van der Waals surface area contributed by atoms with Crippen molar-refractivity contribution in [1.29, 1.82) is 0 Å². The fraction of sp³-hybridized carbons (Fsp3) is 0.545. The number of aliphatic hydroxyl groups excluding tert-OH is 1. The average molecular weight is 589 g/mol. The summed E-state index contributed by atoms with van der Waals surface area (Å²) >= 11 is 0. The van der Waals surface area contributed by atoms with Crippen LogP contribution in [0.2, 0.25) is 0 Å². The summed E-state index contributed by atoms with van der Waals surface area (Å²) in [6.07, 6.45) is 0.651. The van der Waals surface area contributed by atoms with Crippen molar-refractivity contribution < 1.29 is 38.8 Å². The number of carbonyl (C=O) groups is 3. The second-order valence-corrected chi connectivity index (χ2v) is 14.1. The van der Waals surface area contributed by atoms with Crippen LogP contribution in [0.1, 0.15) is 90.8 Å². The molecule has 3 aliphatic heterocycles. The van der Waals surface area contributed by atoms with Gasteiger partial charge in [0.15, 0.2) is 11.5 Å². The van der Waals surface area contributed by atoms with Gasteiger partial charge in [-0.15, -0.1) is 0 Å². The third kappa shape index (κ3) is 3.60. The molecule has 3 aliphatic carbocycles. The summed E-state index contributed by atoms with van der Waals surface area (Å²) in [6.45, 7) is 6.63. The molecule has 3 heterocycles. The first kappa shape index (κ1) is 27.1. The lowest BCUT2D eigenvalue weighted by Gasteiger charge is -2.65. The van der Waals surface area contributed by atoms with Gasteiger partial charge in [0.25, 0.3) is 11.8 Å². The van der Waals surface area contributed by atoms with Crippen molar-refractivity contribution in [3.63, 3.8) is 0 Å². The smallest absolute Gasteiger partial charge is 0.483 e. The lowest BCUT2D eigenvalue weighted by Crippen LogP contribution is -2.79. The molecule has 0 unspecified atom stereocenters. The number of amides is 2. The highest BCUT2D eigenvalue weighted by atomic mass is 16.7. The van der Waals surface area contributed by atoms with Crippen molar-refractivity contribution >= 4 is 18.0 Å². The monoisotopic (exact) mass is 588 g/mol. The van der Waals surface area contributed by atoms with Crippen molar-refractivity contribution in [2.75, 3.05) is 13.1 Å². The van der Waals surface area contributed by atoms with E-state index in [1.165, 1.54) is 4.90 Å². The number of rotatable bonds is 4. The van der Waals surface area contributed by atoms with E-state index in [4.69, 9.17) is 14.2 Å². The van der Waals surface area contributed by atoms with Crippen LogP contribution in [0, 0.1) is 5.92 Å². The molecule has 1 spiro atoms. The standard InChI is InChI=1S/C33H36N2O8/c1-31(2,3)43-30(39)41-22-11-10-20-23-25(22)42-27-21(35-28(37)18-6-4-5-7-19(18)29(35)38)12-13-33(40)26(24(20)36)34(16-17-8-9-17)15-14-32(23,27)33/h4-7,10-11,17,21,24,26-27,36,40H,8-9,12-16H2,1-3H3/t21-,24-,26-,27+,32+,33-/m1/s1. The molecule has 8 rings (SSSR count). The zero-order valence-corrected chi connectivity index (χ0v) is 24.5. The van der Waals surface area contributed by atoms with Gasteiger partial charge in [-0.05, 0) is 89.1 Å². The second kappa shape index (κ2) is 8.80. The van der Waals surface area contributed by atoms with Gasteiger partial charge in [-0.1, -0.05) is 18.2 Å². The second-order valence-electron chi connectivity index (χ2n) is 14.1. The number of nitrogens with zero attached hydrogens (tertiary/aromatic N) is 2. The normalized spacial score (nSPS) is 34.0. The Morgan fingerprint density at radius 1 is 1.05 bits per heavy atom. The van der Waals surface area contributed by atoms with E-state index in [0.29, 0.717) is 47.6 Å². The molecule has 2 bridgehead atoms. The summed E-state index contributed by atoms with van der Waals surface area (Å²) in [5, 5.41) is 24.8. The fourth-order valence-electron chi connectivity index (χ4n) is 8.72. The van der Waals surface area contributed by atoms with Gasteiger partial charge >= 0.3 is 6.16 Å². The van der Waals surface area contributed by atoms with Crippen molar-refractivity contribution in [1.82, 2.24) is 9.80 Å². The Morgan fingerprint density at radius 2 is 1.74 bits per heavy atom. The largest absolute Gasteiger partial charge is 0.514 e. The van der Waals surface area contributed by atoms with E-state index < -0.39 is 47.1 Å². The zero-order chi connectivity index (χ0) is 30.1. The first-order chi connectivity index (χ1) is 20.4. The number of aliphatic hydroxyl groups is 2. The lowest BCUT2D eigenvalue weighted by atomic mass is 9.47. The number of imide groups is 1. The predicted molar refractivity (Wildman–Crippen MR) is 152 cm³/mol. The number of benzene rings is 2. The zero-order valence-electron chi connectivity index (χ0n) is 24.5. The quantitative estimate of drug-likeness (QED) is 0.312. The maximum absolute atomic E-state index is 13.7. The minimum atomic E-state index is -1.40. The van der Waals surface area contributed by atoms with Gasteiger partial charge in [-0.2, -0.15) is 0 Å². The molecule has 2 amide bonds. The molecule has 6 aliphatic rings. The van der Waals surface area contributed by atoms with Crippen molar-refractivity contribution in [2.45, 2.75) is 93.8 Å². The van der Waals surface area contributed by atoms with E-state index in [9.17, 15) is 24.6 Å². The summed E-state index contributed by atoms with van der Waals surface area (Å²) in [5.74, 6) is 0.165. The molecule has 10 nitrogen and oxygen atoms in total. The van der Waals surface area contributed by atoms with Crippen LogP contribution in [-0.2, 0) is 10.2 Å². The molecule has 0 radical (unpaired) electrons. The minimum Gasteiger partial charge on any atom is -0.483 e. The number of piperidine rings is 1. The van der Waals surface area contributed by atoms with Gasteiger partial charge in [-0.3, -0.25) is 19.4 Å². The van der Waals surface area contributed by atoms with Gasteiger partial charge in [0.05, 0.1) is 40.3 Å². The molecule has 6 atom stereocenters. The van der Waals surface area contributed by atoms with Crippen LogP contribution < -0.4 is 9.47 Å². The molecule has 3 fully saturated rings. The molecule has 2 aromatic rings. The third-order valence-corrected chi connectivity index (χ3v) is 10.5. The van der Waals surface area contributed by atoms with E-state index >= 15 is 0 Å². The SMILES string of the molecule is CC(C)(C)OC(=O)Oc1ccc2c3c1O[C@H]1[C@H](N4C(=O)c5ccccc5C4=O)CC[C@@]4(O)[C@@H]([C@@H]2O)N(CC2CC2)CC[C@]314. The van der Waals surface area contributed by atoms with E-state index in [-0.39, 0.29) is 29.7 Å². The Kier molecular flexibility index (Phi) is 5.55. The Hall–Kier alpha value is -3.47. The molecule has 0 aromatic heterocycles. The maximum Gasteiger partial charge on any atom is 0.514 e. The van der Waals surface area contributed by atoms with E-state index in [1.54, 1.807) is 57.2 Å². The molecular weight excluding hydrogens is 552 g/mol. The molecule has 226 valence electrons. The molecule has 2 aromatic carbocycles. The highest BCUT2D eigenvalue weighted by Gasteiger charge is 2.76. The number of hydrogen-bond donors (Lipinski definition) is 2. The van der Waals surface area contributed by atoms with Crippen LogP contribution >= 0.6 is 0 Å². The number of ether oxygens (including phenoxy) is 3. The number of likely N-dealkylation sites (tertiary alicyclic amines) is 1. The topological polar surface area (TPSA) is 126 Å². The predicted octanol–water partition coefficient (Wildman–Crippen LogP) is 3.72. The first-order valence-corrected chi connectivity index (χ1v) is 15.3. The van der Waals surface area contributed by atoms with Gasteiger partial charge in [0.2, 0.25) is 0 Å². The Morgan fingerprint density at radius 3 is 2.40 bits per heavy atom. The molecule has 2 saturated carbocycles. The van der Waals surface area contributed by atoms with Gasteiger partial charge in [0, 0.05) is 12.1 Å². The van der Waals surface area contributed by atoms with Gasteiger partial charge < -0.3 is 24.4 Å². The summed E-state index contributed by atoms with van der Waals surface area (Å²) < 4.78 is 17.8. The lowest BCUT2D eigenvalue weighted by molar-refractivity contribution is -0.220. The number of hydrogen-bond acceptors (Lipinski definition) is 9.